The van der Waals surface area contributed by atoms with Crippen molar-refractivity contribution in [1.29, 1.82) is 0 Å². The number of nitrogens with two attached hydrogens (primary N) is 1. The lowest BCUT2D eigenvalue weighted by Gasteiger charge is -2.24. The summed E-state index contributed by atoms with van der Waals surface area (Å²) in [6.07, 6.45) is 7.05. The zero-order valence-corrected chi connectivity index (χ0v) is 19.1. The summed E-state index contributed by atoms with van der Waals surface area (Å²) < 4.78 is 29.8. The molecule has 1 atom stereocenters. The maximum atomic E-state index is 13.5. The molecule has 1 aromatic carbocycles. The van der Waals surface area contributed by atoms with E-state index in [0.717, 1.165) is 25.7 Å². The lowest BCUT2D eigenvalue weighted by Crippen LogP contribution is -2.47. The van der Waals surface area contributed by atoms with Gasteiger partial charge in [-0.2, -0.15) is 0 Å². The molecular formula is C23H30N2O6S. The first-order valence-electron chi connectivity index (χ1n) is 10.1. The molecule has 9 heteroatoms. The molecule has 1 aromatic heterocycles. The summed E-state index contributed by atoms with van der Waals surface area (Å²) in [6.45, 7) is 2.09. The number of hydrogen-bond donors (Lipinski definition) is 3. The molecule has 0 amide bonds. The lowest BCUT2D eigenvalue weighted by atomic mass is 9.99. The molecule has 174 valence electrons. The minimum absolute atomic E-state index is 0.116. The zero-order chi connectivity index (χ0) is 24.0. The van der Waals surface area contributed by atoms with Crippen LogP contribution in [0, 0.1) is 11.8 Å². The number of methoxy groups -OCH3 is 1. The van der Waals surface area contributed by atoms with Crippen molar-refractivity contribution in [2.75, 3.05) is 7.11 Å². The quantitative estimate of drug-likeness (QED) is 0.278. The van der Waals surface area contributed by atoms with Crippen molar-refractivity contribution < 1.29 is 28.3 Å². The summed E-state index contributed by atoms with van der Waals surface area (Å²) in [5, 5.41) is 16.6. The third kappa shape index (κ3) is 6.79. The van der Waals surface area contributed by atoms with Gasteiger partial charge in [-0.1, -0.05) is 38.2 Å². The second-order valence-corrected chi connectivity index (χ2v) is 9.14. The summed E-state index contributed by atoms with van der Waals surface area (Å²) in [5.74, 6) is 7.94. The molecule has 2 rings (SSSR count). The predicted octanol–water partition coefficient (Wildman–Crippen LogP) is 3.24. The average molecular weight is 463 g/mol. The van der Waals surface area contributed by atoms with Gasteiger partial charge < -0.3 is 15.1 Å². The van der Waals surface area contributed by atoms with Crippen LogP contribution < -0.4 is 10.6 Å². The van der Waals surface area contributed by atoms with E-state index in [0.29, 0.717) is 17.7 Å². The number of pyridine rings is 1. The Morgan fingerprint density at radius 3 is 2.38 bits per heavy atom. The maximum absolute atomic E-state index is 13.5. The molecule has 2 aromatic rings. The van der Waals surface area contributed by atoms with E-state index < -0.39 is 20.6 Å². The fourth-order valence-electron chi connectivity index (χ4n) is 3.04. The van der Waals surface area contributed by atoms with Crippen LogP contribution in [0.1, 0.15) is 44.6 Å². The number of aromatic nitrogens is 1. The Kier molecular flexibility index (Phi) is 11.4. The molecule has 0 aliphatic rings. The first-order valence-corrected chi connectivity index (χ1v) is 11.6. The van der Waals surface area contributed by atoms with Crippen molar-refractivity contribution in [2.24, 2.45) is 5.90 Å². The van der Waals surface area contributed by atoms with Crippen molar-refractivity contribution in [3.63, 3.8) is 0 Å². The van der Waals surface area contributed by atoms with Crippen LogP contribution in [0.25, 0.3) is 0 Å². The molecule has 1 unspecified atom stereocenters. The van der Waals surface area contributed by atoms with Gasteiger partial charge in [0.1, 0.15) is 5.75 Å². The Labute approximate surface area is 189 Å². The smallest absolute Gasteiger partial charge is 0.338 e. The third-order valence-electron chi connectivity index (χ3n) is 4.80. The highest BCUT2D eigenvalue weighted by Crippen LogP contribution is 2.31. The highest BCUT2D eigenvalue weighted by molar-refractivity contribution is 7.94. The number of rotatable bonds is 10. The fraction of sp³-hybridized carbons (Fsp3) is 0.391. The van der Waals surface area contributed by atoms with E-state index in [1.54, 1.807) is 18.3 Å². The number of hydrogen-bond acceptors (Lipinski definition) is 7. The molecule has 0 radical (unpaired) electrons. The maximum Gasteiger partial charge on any atom is 0.338 e. The second-order valence-electron chi connectivity index (χ2n) is 6.96. The molecule has 32 heavy (non-hydrogen) atoms. The van der Waals surface area contributed by atoms with Crippen LogP contribution in [0.2, 0.25) is 0 Å². The topological polar surface area (TPSA) is 140 Å². The molecule has 0 bridgehead atoms. The minimum atomic E-state index is -4.34. The van der Waals surface area contributed by atoms with E-state index in [9.17, 15) is 18.3 Å². The number of aliphatic carboxylic acids is 1. The predicted molar refractivity (Wildman–Crippen MR) is 121 cm³/mol. The third-order valence-corrected chi connectivity index (χ3v) is 7.03. The van der Waals surface area contributed by atoms with Crippen LogP contribution in [0.5, 0.6) is 5.75 Å². The van der Waals surface area contributed by atoms with Crippen LogP contribution in [-0.4, -0.2) is 41.5 Å². The lowest BCUT2D eigenvalue weighted by molar-refractivity contribution is -0.138. The highest BCUT2D eigenvalue weighted by atomic mass is 32.2. The summed E-state index contributed by atoms with van der Waals surface area (Å²) in [7, 11) is -2.87. The van der Waals surface area contributed by atoms with E-state index >= 15 is 0 Å². The van der Waals surface area contributed by atoms with Crippen LogP contribution in [-0.2, 0) is 21.1 Å². The van der Waals surface area contributed by atoms with Crippen LogP contribution in [0.4, 0.5) is 0 Å². The monoisotopic (exact) mass is 462 g/mol. The molecule has 1 heterocycles. The van der Waals surface area contributed by atoms with Crippen LogP contribution in [0.15, 0.2) is 53.7 Å². The van der Waals surface area contributed by atoms with Gasteiger partial charge in [0, 0.05) is 25.2 Å². The van der Waals surface area contributed by atoms with Gasteiger partial charge in [-0.15, -0.1) is 5.92 Å². The van der Waals surface area contributed by atoms with E-state index in [4.69, 9.17) is 9.94 Å². The SMILES string of the molecule is CCCCCCC#CC(Cc1cccnc1)(C(=O)O)S(=O)(=O)c1ccc(OC)cc1.NO. The molecule has 4 N–H and O–H groups in total. The van der Waals surface area contributed by atoms with E-state index in [2.05, 4.69) is 29.6 Å². The number of unbranched alkanes of at least 4 members (excludes halogenated alkanes) is 4. The number of ether oxygens (including phenoxy) is 1. The van der Waals surface area contributed by atoms with E-state index in [-0.39, 0.29) is 11.3 Å². The number of carbonyl (C=O) groups is 1. The highest BCUT2D eigenvalue weighted by Gasteiger charge is 2.51. The van der Waals surface area contributed by atoms with Gasteiger partial charge in [0.05, 0.1) is 12.0 Å². The molecule has 0 aliphatic heterocycles. The Bertz CT molecular complexity index is 998. The molecule has 0 saturated carbocycles. The number of sulfone groups is 1. The Hall–Kier alpha value is -2.93. The van der Waals surface area contributed by atoms with Gasteiger partial charge in [0.25, 0.3) is 0 Å². The number of carboxylic acid groups (broad SMARTS) is 1. The number of carboxylic acids is 1. The summed E-state index contributed by atoms with van der Waals surface area (Å²) in [5.41, 5.74) is 0.484. The Morgan fingerprint density at radius 2 is 1.84 bits per heavy atom. The summed E-state index contributed by atoms with van der Waals surface area (Å²) >= 11 is 0. The number of nitrogens with zero attached hydrogens (tertiary/aromatic N) is 1. The Morgan fingerprint density at radius 1 is 1.16 bits per heavy atom. The van der Waals surface area contributed by atoms with Gasteiger partial charge in [-0.3, -0.25) is 4.98 Å². The second kappa shape index (κ2) is 13.5. The average Bonchev–Trinajstić information content (AvgIpc) is 2.82. The van der Waals surface area contributed by atoms with E-state index in [1.807, 2.05) is 0 Å². The van der Waals surface area contributed by atoms with Crippen molar-refractivity contribution in [3.8, 4) is 17.6 Å². The zero-order valence-electron chi connectivity index (χ0n) is 18.3. The van der Waals surface area contributed by atoms with Gasteiger partial charge in [-0.05, 0) is 42.3 Å². The molecular weight excluding hydrogens is 432 g/mol. The van der Waals surface area contributed by atoms with E-state index in [1.165, 1.54) is 37.6 Å². The first kappa shape index (κ1) is 27.1. The molecule has 0 aliphatic carbocycles. The normalized spacial score (nSPS) is 12.4. The van der Waals surface area contributed by atoms with Gasteiger partial charge in [-0.25, -0.2) is 19.1 Å². The fourth-order valence-corrected chi connectivity index (χ4v) is 4.73. The van der Waals surface area contributed by atoms with Crippen molar-refractivity contribution in [3.05, 3.63) is 54.4 Å². The van der Waals surface area contributed by atoms with Gasteiger partial charge in [0.2, 0.25) is 14.6 Å². The summed E-state index contributed by atoms with van der Waals surface area (Å²) in [6, 6.07) is 8.96. The van der Waals surface area contributed by atoms with Crippen molar-refractivity contribution in [1.82, 2.24) is 4.98 Å². The molecule has 0 fully saturated rings. The van der Waals surface area contributed by atoms with Crippen molar-refractivity contribution >= 4 is 15.8 Å². The Balaban J connectivity index is 0.00000249. The standard InChI is InChI=1S/C23H27NO5S.H3NO/c1-3-4-5-6-7-8-15-23(22(25)26,17-19-10-9-16-24-18-19)30(27,28)21-13-11-20(29-2)12-14-21;1-2/h9-14,16,18H,3-7,17H2,1-2H3,(H,25,26);2H,1H2. The van der Waals surface area contributed by atoms with Gasteiger partial charge >= 0.3 is 5.97 Å². The number of benzene rings is 1. The molecule has 0 saturated heterocycles. The molecule has 8 nitrogen and oxygen atoms in total. The van der Waals surface area contributed by atoms with Crippen LogP contribution >= 0.6 is 0 Å². The minimum Gasteiger partial charge on any atom is -0.497 e. The van der Waals surface area contributed by atoms with Crippen LogP contribution in [0.3, 0.4) is 0 Å². The summed E-state index contributed by atoms with van der Waals surface area (Å²) in [4.78, 5) is 16.3. The molecule has 0 spiro atoms. The largest absolute Gasteiger partial charge is 0.497 e. The van der Waals surface area contributed by atoms with Crippen molar-refractivity contribution in [2.45, 2.75) is 55.1 Å². The first-order chi connectivity index (χ1) is 15.4. The van der Waals surface area contributed by atoms with Gasteiger partial charge in [0.15, 0.2) is 0 Å².